The molecule has 0 atom stereocenters. The van der Waals surface area contributed by atoms with Crippen LogP contribution in [0.15, 0.2) is 27.9 Å². The van der Waals surface area contributed by atoms with Crippen LogP contribution < -0.4 is 5.32 Å². The zero-order valence-electron chi connectivity index (χ0n) is 10.2. The van der Waals surface area contributed by atoms with Crippen LogP contribution in [0, 0.1) is 0 Å². The van der Waals surface area contributed by atoms with Crippen LogP contribution in [0.2, 0.25) is 4.34 Å². The molecule has 1 amide bonds. The summed E-state index contributed by atoms with van der Waals surface area (Å²) < 4.78 is 25.8. The van der Waals surface area contributed by atoms with E-state index in [-0.39, 0.29) is 10.8 Å². The lowest BCUT2D eigenvalue weighted by molar-refractivity contribution is -0.116. The number of hydrogen-bond donors (Lipinski definition) is 1. The molecular formula is C10H10ClN3O3S3. The number of thiophene rings is 1. The Morgan fingerprint density at radius 3 is 2.80 bits per heavy atom. The first kappa shape index (κ1) is 15.4. The Hall–Kier alpha value is -1.000. The molecule has 0 unspecified atom stereocenters. The van der Waals surface area contributed by atoms with Crippen LogP contribution in [0.5, 0.6) is 0 Å². The van der Waals surface area contributed by atoms with E-state index in [9.17, 15) is 13.2 Å². The van der Waals surface area contributed by atoms with Crippen LogP contribution >= 0.6 is 34.3 Å². The van der Waals surface area contributed by atoms with Gasteiger partial charge in [0.25, 0.3) is 10.0 Å². The molecule has 0 aliphatic heterocycles. The summed E-state index contributed by atoms with van der Waals surface area (Å²) in [7, 11) is -2.36. The molecule has 0 radical (unpaired) electrons. The molecule has 108 valence electrons. The fourth-order valence-corrected chi connectivity index (χ4v) is 4.69. The summed E-state index contributed by atoms with van der Waals surface area (Å²) in [6.07, 6.45) is 1.55. The van der Waals surface area contributed by atoms with Crippen LogP contribution in [0.4, 0.5) is 5.13 Å². The number of carbonyl (C=O) groups is 1. The predicted octanol–water partition coefficient (Wildman–Crippen LogP) is 2.12. The number of likely N-dealkylation sites (N-methyl/N-ethyl adjacent to an activating group) is 1. The lowest BCUT2D eigenvalue weighted by atomic mass is 10.6. The van der Waals surface area contributed by atoms with E-state index in [1.165, 1.54) is 30.5 Å². The van der Waals surface area contributed by atoms with Crippen molar-refractivity contribution in [3.05, 3.63) is 28.0 Å². The summed E-state index contributed by atoms with van der Waals surface area (Å²) in [6, 6.07) is 2.92. The maximum Gasteiger partial charge on any atom is 0.252 e. The summed E-state index contributed by atoms with van der Waals surface area (Å²) in [4.78, 5) is 15.6. The third kappa shape index (κ3) is 3.55. The molecule has 2 aromatic rings. The van der Waals surface area contributed by atoms with Crippen molar-refractivity contribution < 1.29 is 13.2 Å². The average molecular weight is 352 g/mol. The quantitative estimate of drug-likeness (QED) is 0.894. The fourth-order valence-electron chi connectivity index (χ4n) is 1.32. The number of anilines is 1. The van der Waals surface area contributed by atoms with Gasteiger partial charge >= 0.3 is 0 Å². The zero-order chi connectivity index (χ0) is 14.8. The highest BCUT2D eigenvalue weighted by Gasteiger charge is 2.24. The highest BCUT2D eigenvalue weighted by Crippen LogP contribution is 2.27. The molecule has 0 saturated heterocycles. The number of amides is 1. The second-order valence-electron chi connectivity index (χ2n) is 3.71. The average Bonchev–Trinajstić information content (AvgIpc) is 3.00. The first-order valence-corrected chi connectivity index (χ1v) is 8.82. The number of rotatable bonds is 5. The Morgan fingerprint density at radius 1 is 1.50 bits per heavy atom. The SMILES string of the molecule is CN(CC(=O)Nc1nccs1)S(=O)(=O)c1ccc(Cl)s1. The third-order valence-corrected chi connectivity index (χ3v) is 6.45. The Morgan fingerprint density at radius 2 is 2.25 bits per heavy atom. The van der Waals surface area contributed by atoms with E-state index in [2.05, 4.69) is 10.3 Å². The number of sulfonamides is 1. The minimum absolute atomic E-state index is 0.104. The summed E-state index contributed by atoms with van der Waals surface area (Å²) >= 11 is 7.93. The lowest BCUT2D eigenvalue weighted by Gasteiger charge is -2.14. The molecule has 0 fully saturated rings. The van der Waals surface area contributed by atoms with Crippen molar-refractivity contribution in [2.24, 2.45) is 0 Å². The number of hydrogen-bond acceptors (Lipinski definition) is 6. The standard InChI is InChI=1S/C10H10ClN3O3S3/c1-14(6-8(15)13-10-12-4-5-18-10)20(16,17)9-3-2-7(11)19-9/h2-5H,6H2,1H3,(H,12,13,15). The molecule has 0 aliphatic carbocycles. The van der Waals surface area contributed by atoms with Gasteiger partial charge in [-0.05, 0) is 12.1 Å². The van der Waals surface area contributed by atoms with Crippen molar-refractivity contribution in [2.45, 2.75) is 4.21 Å². The summed E-state index contributed by atoms with van der Waals surface area (Å²) in [5.41, 5.74) is 0. The fraction of sp³-hybridized carbons (Fsp3) is 0.200. The van der Waals surface area contributed by atoms with Gasteiger partial charge in [-0.3, -0.25) is 4.79 Å². The van der Waals surface area contributed by atoms with E-state index in [1.54, 1.807) is 11.6 Å². The maximum atomic E-state index is 12.2. The third-order valence-electron chi connectivity index (χ3n) is 2.26. The molecule has 6 nitrogen and oxygen atoms in total. The van der Waals surface area contributed by atoms with Crippen LogP contribution in [-0.2, 0) is 14.8 Å². The molecule has 0 aromatic carbocycles. The van der Waals surface area contributed by atoms with Crippen molar-refractivity contribution in [2.75, 3.05) is 18.9 Å². The van der Waals surface area contributed by atoms with E-state index in [1.807, 2.05) is 0 Å². The molecule has 0 aliphatic rings. The number of halogens is 1. The first-order chi connectivity index (χ1) is 9.39. The van der Waals surface area contributed by atoms with Crippen LogP contribution in [-0.4, -0.2) is 37.2 Å². The van der Waals surface area contributed by atoms with Gasteiger partial charge in [0.05, 0.1) is 10.9 Å². The van der Waals surface area contributed by atoms with Gasteiger partial charge in [-0.15, -0.1) is 22.7 Å². The van der Waals surface area contributed by atoms with Gasteiger partial charge in [0.15, 0.2) is 5.13 Å². The van der Waals surface area contributed by atoms with Crippen LogP contribution in [0.25, 0.3) is 0 Å². The molecule has 20 heavy (non-hydrogen) atoms. The summed E-state index contributed by atoms with van der Waals surface area (Å²) in [5, 5.41) is 4.66. The highest BCUT2D eigenvalue weighted by atomic mass is 35.5. The summed E-state index contributed by atoms with van der Waals surface area (Å²) in [5.74, 6) is -0.450. The van der Waals surface area contributed by atoms with E-state index < -0.39 is 15.9 Å². The zero-order valence-corrected chi connectivity index (χ0v) is 13.4. The number of nitrogens with zero attached hydrogens (tertiary/aromatic N) is 2. The van der Waals surface area contributed by atoms with Gasteiger partial charge in [0.2, 0.25) is 5.91 Å². The minimum Gasteiger partial charge on any atom is -0.301 e. The van der Waals surface area contributed by atoms with Gasteiger partial charge in [-0.1, -0.05) is 11.6 Å². The van der Waals surface area contributed by atoms with E-state index >= 15 is 0 Å². The topological polar surface area (TPSA) is 79.4 Å². The Balaban J connectivity index is 2.04. The Bertz CT molecular complexity index is 696. The monoisotopic (exact) mass is 351 g/mol. The molecule has 2 aromatic heterocycles. The van der Waals surface area contributed by atoms with E-state index in [0.29, 0.717) is 9.47 Å². The molecule has 10 heteroatoms. The largest absolute Gasteiger partial charge is 0.301 e. The van der Waals surface area contributed by atoms with Gasteiger partial charge < -0.3 is 5.32 Å². The molecule has 2 rings (SSSR count). The second kappa shape index (κ2) is 6.19. The molecule has 0 saturated carbocycles. The van der Waals surface area contributed by atoms with Crippen LogP contribution in [0.3, 0.4) is 0 Å². The van der Waals surface area contributed by atoms with Crippen LogP contribution in [0.1, 0.15) is 0 Å². The molecular weight excluding hydrogens is 342 g/mol. The van der Waals surface area contributed by atoms with Gasteiger partial charge in [0, 0.05) is 18.6 Å². The lowest BCUT2D eigenvalue weighted by Crippen LogP contribution is -2.34. The van der Waals surface area contributed by atoms with Gasteiger partial charge in [-0.2, -0.15) is 4.31 Å². The van der Waals surface area contributed by atoms with E-state index in [0.717, 1.165) is 15.6 Å². The van der Waals surface area contributed by atoms with Gasteiger partial charge in [0.1, 0.15) is 4.21 Å². The van der Waals surface area contributed by atoms with Crippen molar-refractivity contribution in [1.82, 2.24) is 9.29 Å². The summed E-state index contributed by atoms with van der Waals surface area (Å²) in [6.45, 7) is -0.294. The smallest absolute Gasteiger partial charge is 0.252 e. The number of thiazole rings is 1. The molecule has 2 heterocycles. The van der Waals surface area contributed by atoms with Crippen molar-refractivity contribution in [3.63, 3.8) is 0 Å². The molecule has 0 bridgehead atoms. The Labute approximate surface area is 129 Å². The van der Waals surface area contributed by atoms with E-state index in [4.69, 9.17) is 11.6 Å². The normalized spacial score (nSPS) is 11.8. The number of aromatic nitrogens is 1. The highest BCUT2D eigenvalue weighted by molar-refractivity contribution is 7.91. The number of carbonyl (C=O) groups excluding carboxylic acids is 1. The maximum absolute atomic E-state index is 12.2. The van der Waals surface area contributed by atoms with Crippen molar-refractivity contribution >= 4 is 55.3 Å². The predicted molar refractivity (Wildman–Crippen MR) is 79.9 cm³/mol. The molecule has 0 spiro atoms. The number of nitrogens with one attached hydrogen (secondary N) is 1. The van der Waals surface area contributed by atoms with Gasteiger partial charge in [-0.25, -0.2) is 13.4 Å². The molecule has 1 N–H and O–H groups in total. The second-order valence-corrected chi connectivity index (χ2v) is 8.59. The van der Waals surface area contributed by atoms with Crippen molar-refractivity contribution in [1.29, 1.82) is 0 Å². The Kier molecular flexibility index (Phi) is 4.76. The van der Waals surface area contributed by atoms with Crippen molar-refractivity contribution in [3.8, 4) is 0 Å². The first-order valence-electron chi connectivity index (χ1n) is 5.30. The minimum atomic E-state index is -3.70.